The van der Waals surface area contributed by atoms with E-state index in [-0.39, 0.29) is 18.1 Å². The van der Waals surface area contributed by atoms with Crippen molar-refractivity contribution in [2.75, 3.05) is 12.0 Å². The molecule has 1 heterocycles. The molecule has 8 nitrogen and oxygen atoms in total. The van der Waals surface area contributed by atoms with Crippen molar-refractivity contribution in [2.24, 2.45) is 0 Å². The molecular formula is C6H10N3O5S2-. The summed E-state index contributed by atoms with van der Waals surface area (Å²) in [5, 5.41) is 6.57. The number of nitrogens with zero attached hydrogens (tertiary/aromatic N) is 3. The molecule has 0 bridgehead atoms. The molecule has 0 amide bonds. The molecule has 0 unspecified atom stereocenters. The van der Waals surface area contributed by atoms with E-state index in [1.165, 1.54) is 10.9 Å². The van der Waals surface area contributed by atoms with E-state index in [9.17, 15) is 21.4 Å². The van der Waals surface area contributed by atoms with Crippen LogP contribution in [0.2, 0.25) is 0 Å². The van der Waals surface area contributed by atoms with E-state index in [2.05, 4.69) is 10.2 Å². The predicted octanol–water partition coefficient (Wildman–Crippen LogP) is -1.38. The van der Waals surface area contributed by atoms with E-state index in [4.69, 9.17) is 0 Å². The molecule has 0 fully saturated rings. The molecule has 0 N–H and O–H groups in total. The van der Waals surface area contributed by atoms with Crippen molar-refractivity contribution in [3.63, 3.8) is 0 Å². The van der Waals surface area contributed by atoms with E-state index in [1.54, 1.807) is 0 Å². The lowest BCUT2D eigenvalue weighted by molar-refractivity contribution is 0.457. The van der Waals surface area contributed by atoms with Gasteiger partial charge in [0.05, 0.1) is 10.1 Å². The van der Waals surface area contributed by atoms with Gasteiger partial charge in [-0.1, -0.05) is 0 Å². The molecule has 1 rings (SSSR count). The summed E-state index contributed by atoms with van der Waals surface area (Å²) in [6, 6.07) is 0. The zero-order valence-electron chi connectivity index (χ0n) is 8.40. The molecular weight excluding hydrogens is 258 g/mol. The van der Waals surface area contributed by atoms with Gasteiger partial charge in [-0.15, -0.1) is 10.2 Å². The smallest absolute Gasteiger partial charge is 0.249 e. The molecule has 0 spiro atoms. The lowest BCUT2D eigenvalue weighted by Gasteiger charge is -2.07. The van der Waals surface area contributed by atoms with Crippen molar-refractivity contribution in [1.82, 2.24) is 14.8 Å². The topological polar surface area (TPSA) is 122 Å². The highest BCUT2D eigenvalue weighted by Gasteiger charge is 2.15. The van der Waals surface area contributed by atoms with Crippen LogP contribution in [0, 0.1) is 0 Å². The summed E-state index contributed by atoms with van der Waals surface area (Å²) in [5.74, 6) is -0.547. The van der Waals surface area contributed by atoms with Crippen molar-refractivity contribution >= 4 is 20.0 Å². The molecule has 0 atom stereocenters. The van der Waals surface area contributed by atoms with Crippen molar-refractivity contribution in [1.29, 1.82) is 0 Å². The molecule has 1 aromatic heterocycles. The minimum atomic E-state index is -4.28. The number of hydrogen-bond acceptors (Lipinski definition) is 7. The van der Waals surface area contributed by atoms with E-state index >= 15 is 0 Å². The zero-order valence-corrected chi connectivity index (χ0v) is 10.0. The molecule has 92 valence electrons. The van der Waals surface area contributed by atoms with E-state index < -0.39 is 25.7 Å². The summed E-state index contributed by atoms with van der Waals surface area (Å²) in [4.78, 5) is 0. The van der Waals surface area contributed by atoms with Crippen LogP contribution in [0.3, 0.4) is 0 Å². The lowest BCUT2D eigenvalue weighted by atomic mass is 10.5. The molecule has 0 aliphatic carbocycles. The first kappa shape index (κ1) is 13.1. The largest absolute Gasteiger partial charge is 0.748 e. The third-order valence-corrected chi connectivity index (χ3v) is 3.47. The number of sulfone groups is 1. The highest BCUT2D eigenvalue weighted by atomic mass is 32.2. The Balaban J connectivity index is 2.73. The Labute approximate surface area is 93.0 Å². The number of rotatable bonds is 5. The quantitative estimate of drug-likeness (QED) is 0.603. The van der Waals surface area contributed by atoms with Crippen LogP contribution in [0.5, 0.6) is 0 Å². The maximum absolute atomic E-state index is 11.2. The second-order valence-electron chi connectivity index (χ2n) is 3.19. The average molecular weight is 268 g/mol. The normalized spacial score (nSPS) is 12.9. The Kier molecular flexibility index (Phi) is 3.65. The molecule has 10 heteroatoms. The van der Waals surface area contributed by atoms with Gasteiger partial charge in [0.15, 0.2) is 0 Å². The summed E-state index contributed by atoms with van der Waals surface area (Å²) in [5.41, 5.74) is 0. The Morgan fingerprint density at radius 3 is 2.50 bits per heavy atom. The summed E-state index contributed by atoms with van der Waals surface area (Å²) >= 11 is 0. The van der Waals surface area contributed by atoms with Gasteiger partial charge in [0.2, 0.25) is 15.0 Å². The van der Waals surface area contributed by atoms with E-state index in [1.807, 2.05) is 0 Å². The van der Waals surface area contributed by atoms with Gasteiger partial charge in [0, 0.05) is 18.6 Å². The van der Waals surface area contributed by atoms with Crippen LogP contribution in [-0.4, -0.2) is 48.2 Å². The first-order chi connectivity index (χ1) is 7.20. The average Bonchev–Trinajstić information content (AvgIpc) is 2.48. The maximum Gasteiger partial charge on any atom is 0.249 e. The van der Waals surface area contributed by atoms with E-state index in [0.29, 0.717) is 0 Å². The predicted molar refractivity (Wildman–Crippen MR) is 52.3 cm³/mol. The molecule has 0 aliphatic rings. The molecule has 0 aromatic carbocycles. The summed E-state index contributed by atoms with van der Waals surface area (Å²) in [6.45, 7) is 0.0663. The highest BCUT2D eigenvalue weighted by molar-refractivity contribution is 7.90. The summed E-state index contributed by atoms with van der Waals surface area (Å²) in [7, 11) is -7.77. The van der Waals surface area contributed by atoms with Crippen LogP contribution >= 0.6 is 0 Å². The Bertz CT molecular complexity index is 559. The van der Waals surface area contributed by atoms with Crippen molar-refractivity contribution < 1.29 is 21.4 Å². The molecule has 0 aliphatic heterocycles. The fourth-order valence-corrected chi connectivity index (χ4v) is 2.34. The van der Waals surface area contributed by atoms with E-state index in [0.717, 1.165) is 6.26 Å². The first-order valence-corrected chi connectivity index (χ1v) is 7.68. The second kappa shape index (κ2) is 4.47. The van der Waals surface area contributed by atoms with Gasteiger partial charge in [-0.05, 0) is 6.42 Å². The third-order valence-electron chi connectivity index (χ3n) is 1.71. The Morgan fingerprint density at radius 2 is 2.00 bits per heavy atom. The van der Waals surface area contributed by atoms with Gasteiger partial charge in [-0.2, -0.15) is 0 Å². The van der Waals surface area contributed by atoms with Crippen LogP contribution in [0.1, 0.15) is 6.42 Å². The molecule has 16 heavy (non-hydrogen) atoms. The van der Waals surface area contributed by atoms with Crippen LogP contribution in [-0.2, 0) is 26.5 Å². The van der Waals surface area contributed by atoms with Crippen molar-refractivity contribution in [3.05, 3.63) is 6.33 Å². The van der Waals surface area contributed by atoms with Crippen molar-refractivity contribution in [2.45, 2.75) is 18.1 Å². The maximum atomic E-state index is 11.2. The van der Waals surface area contributed by atoms with Gasteiger partial charge in [0.25, 0.3) is 0 Å². The summed E-state index contributed by atoms with van der Waals surface area (Å²) < 4.78 is 54.5. The minimum Gasteiger partial charge on any atom is -0.748 e. The van der Waals surface area contributed by atoms with Crippen LogP contribution < -0.4 is 0 Å². The number of hydrogen-bond donors (Lipinski definition) is 0. The lowest BCUT2D eigenvalue weighted by Crippen LogP contribution is -2.12. The summed E-state index contributed by atoms with van der Waals surface area (Å²) in [6.07, 6.45) is 2.16. The SMILES string of the molecule is CS(=O)(=O)c1nncn1CCCS(=O)(=O)[O-]. The molecule has 0 saturated carbocycles. The Hall–Kier alpha value is -1.00. The standard InChI is InChI=1S/C6H11N3O5S2/c1-15(10,11)6-8-7-5-9(6)3-2-4-16(12,13)14/h5H,2-4H2,1H3,(H,12,13,14)/p-1. The van der Waals surface area contributed by atoms with Gasteiger partial charge >= 0.3 is 0 Å². The fourth-order valence-electron chi connectivity index (χ4n) is 1.10. The zero-order chi connectivity index (χ0) is 12.4. The van der Waals surface area contributed by atoms with Gasteiger partial charge < -0.3 is 9.12 Å². The van der Waals surface area contributed by atoms with Gasteiger partial charge in [0.1, 0.15) is 6.33 Å². The number of aromatic nitrogens is 3. The first-order valence-electron chi connectivity index (χ1n) is 4.21. The highest BCUT2D eigenvalue weighted by Crippen LogP contribution is 2.05. The monoisotopic (exact) mass is 268 g/mol. The third kappa shape index (κ3) is 3.87. The minimum absolute atomic E-state index is 0.0202. The fraction of sp³-hybridized carbons (Fsp3) is 0.667. The molecule has 0 saturated heterocycles. The Morgan fingerprint density at radius 1 is 1.38 bits per heavy atom. The molecule has 1 aromatic rings. The number of aryl methyl sites for hydroxylation is 1. The molecule has 0 radical (unpaired) electrons. The van der Waals surface area contributed by atoms with Gasteiger partial charge in [-0.3, -0.25) is 0 Å². The second-order valence-corrected chi connectivity index (χ2v) is 6.63. The van der Waals surface area contributed by atoms with Crippen LogP contribution in [0.15, 0.2) is 11.5 Å². The van der Waals surface area contributed by atoms with Crippen LogP contribution in [0.25, 0.3) is 0 Å². The van der Waals surface area contributed by atoms with Gasteiger partial charge in [-0.25, -0.2) is 16.8 Å². The van der Waals surface area contributed by atoms with Crippen LogP contribution in [0.4, 0.5) is 0 Å². The van der Waals surface area contributed by atoms with Crippen molar-refractivity contribution in [3.8, 4) is 0 Å².